The van der Waals surface area contributed by atoms with Crippen molar-refractivity contribution in [2.75, 3.05) is 0 Å². The lowest BCUT2D eigenvalue weighted by atomic mass is 10.1. The molecule has 0 amide bonds. The fourth-order valence-electron chi connectivity index (χ4n) is 2.09. The number of aromatic hydroxyl groups is 1. The van der Waals surface area contributed by atoms with Crippen LogP contribution in [0.5, 0.6) is 5.75 Å². The van der Waals surface area contributed by atoms with Gasteiger partial charge in [-0.3, -0.25) is 4.79 Å². The minimum atomic E-state index is -0.318. The Morgan fingerprint density at radius 1 is 0.765 bits per heavy atom. The van der Waals surface area contributed by atoms with Gasteiger partial charge in [-0.25, -0.2) is 0 Å². The van der Waals surface area contributed by atoms with Crippen molar-refractivity contribution in [2.24, 2.45) is 0 Å². The van der Waals surface area contributed by atoms with Crippen LogP contribution >= 0.6 is 0 Å². The molecule has 0 aliphatic carbocycles. The van der Waals surface area contributed by atoms with Gasteiger partial charge in [0.15, 0.2) is 5.75 Å². The lowest BCUT2D eigenvalue weighted by Gasteiger charge is -1.92. The molecule has 1 N–H and O–H groups in total. The van der Waals surface area contributed by atoms with Crippen LogP contribution in [0.15, 0.2) is 59.4 Å². The van der Waals surface area contributed by atoms with Gasteiger partial charge >= 0.3 is 0 Å². The molecule has 0 aromatic heterocycles. The highest BCUT2D eigenvalue weighted by Crippen LogP contribution is 2.23. The second-order valence-corrected chi connectivity index (χ2v) is 4.00. The van der Waals surface area contributed by atoms with Crippen LogP contribution in [0.2, 0.25) is 0 Å². The van der Waals surface area contributed by atoms with Gasteiger partial charge in [0.05, 0.1) is 0 Å². The van der Waals surface area contributed by atoms with E-state index in [1.165, 1.54) is 0 Å². The first-order chi connectivity index (χ1) is 8.27. The Balaban J connectivity index is 2.72. The molecule has 0 aliphatic heterocycles. The first-order valence-electron chi connectivity index (χ1n) is 5.41. The van der Waals surface area contributed by atoms with Crippen LogP contribution in [0.25, 0.3) is 21.5 Å². The van der Waals surface area contributed by atoms with E-state index >= 15 is 0 Å². The number of benzene rings is 2. The third-order valence-corrected chi connectivity index (χ3v) is 2.95. The Kier molecular flexibility index (Phi) is 2.08. The molecule has 0 heterocycles. The zero-order valence-corrected chi connectivity index (χ0v) is 9.05. The molecule has 0 saturated carbocycles. The minimum absolute atomic E-state index is 0.179. The average molecular weight is 222 g/mol. The van der Waals surface area contributed by atoms with Crippen molar-refractivity contribution >= 4 is 21.5 Å². The maximum Gasteiger partial charge on any atom is 0.228 e. The maximum absolute atomic E-state index is 12.1. The highest BCUT2D eigenvalue weighted by molar-refractivity contribution is 5.96. The Bertz CT molecular complexity index is 776. The van der Waals surface area contributed by atoms with Gasteiger partial charge in [0.1, 0.15) is 0 Å². The van der Waals surface area contributed by atoms with Gasteiger partial charge in [-0.2, -0.15) is 0 Å². The molecule has 0 spiro atoms. The molecule has 17 heavy (non-hydrogen) atoms. The molecule has 3 aromatic rings. The zero-order chi connectivity index (χ0) is 11.8. The lowest BCUT2D eigenvalue weighted by molar-refractivity contribution is 0.478. The summed E-state index contributed by atoms with van der Waals surface area (Å²) in [5, 5.41) is 12.8. The molecule has 3 rings (SSSR count). The second-order valence-electron chi connectivity index (χ2n) is 4.00. The summed E-state index contributed by atoms with van der Waals surface area (Å²) in [7, 11) is 0. The van der Waals surface area contributed by atoms with E-state index in [-0.39, 0.29) is 11.2 Å². The summed E-state index contributed by atoms with van der Waals surface area (Å²) in [6.45, 7) is 0. The fraction of sp³-hybridized carbons (Fsp3) is 0. The standard InChI is InChI=1S/C15H10O2/c16-14-12-7-3-1-5-10(12)9-11-6-2-4-8-13(11)15(14)17/h1-9H,(H,16,17). The highest BCUT2D eigenvalue weighted by Gasteiger charge is 2.05. The SMILES string of the molecule is O=c1c(O)c2ccccc2cc2ccccc12. The van der Waals surface area contributed by atoms with Gasteiger partial charge in [-0.15, -0.1) is 0 Å². The van der Waals surface area contributed by atoms with E-state index in [1.54, 1.807) is 18.2 Å². The molecule has 2 heteroatoms. The molecular weight excluding hydrogens is 212 g/mol. The average Bonchev–Trinajstić information content (AvgIpc) is 2.48. The molecule has 0 radical (unpaired) electrons. The highest BCUT2D eigenvalue weighted by atomic mass is 16.3. The third-order valence-electron chi connectivity index (χ3n) is 2.95. The zero-order valence-electron chi connectivity index (χ0n) is 9.05. The van der Waals surface area contributed by atoms with Crippen molar-refractivity contribution in [1.29, 1.82) is 0 Å². The van der Waals surface area contributed by atoms with Crippen molar-refractivity contribution in [1.82, 2.24) is 0 Å². The van der Waals surface area contributed by atoms with Gasteiger partial charge in [0.2, 0.25) is 5.43 Å². The first-order valence-corrected chi connectivity index (χ1v) is 5.41. The van der Waals surface area contributed by atoms with E-state index < -0.39 is 0 Å². The van der Waals surface area contributed by atoms with Crippen LogP contribution in [-0.2, 0) is 0 Å². The van der Waals surface area contributed by atoms with Gasteiger partial charge in [-0.05, 0) is 16.8 Å². The minimum Gasteiger partial charge on any atom is -0.504 e. The first kappa shape index (κ1) is 9.85. The van der Waals surface area contributed by atoms with Crippen molar-refractivity contribution < 1.29 is 5.11 Å². The Morgan fingerprint density at radius 3 is 2.00 bits per heavy atom. The Hall–Kier alpha value is -2.35. The normalized spacial score (nSPS) is 10.8. The summed E-state index contributed by atoms with van der Waals surface area (Å²) in [6, 6.07) is 16.6. The molecule has 0 fully saturated rings. The van der Waals surface area contributed by atoms with Crippen LogP contribution in [0.4, 0.5) is 0 Å². The van der Waals surface area contributed by atoms with E-state index in [0.717, 1.165) is 10.8 Å². The molecule has 0 bridgehead atoms. The summed E-state index contributed by atoms with van der Waals surface area (Å²) in [5.41, 5.74) is -0.318. The van der Waals surface area contributed by atoms with Crippen LogP contribution in [-0.4, -0.2) is 5.11 Å². The van der Waals surface area contributed by atoms with Gasteiger partial charge in [0, 0.05) is 10.8 Å². The van der Waals surface area contributed by atoms with Crippen LogP contribution in [0, 0.1) is 0 Å². The third kappa shape index (κ3) is 1.46. The molecule has 0 atom stereocenters. The second kappa shape index (κ2) is 3.59. The number of hydrogen-bond acceptors (Lipinski definition) is 2. The molecule has 0 unspecified atom stereocenters. The van der Waals surface area contributed by atoms with E-state index in [1.807, 2.05) is 36.4 Å². The van der Waals surface area contributed by atoms with Crippen LogP contribution < -0.4 is 5.43 Å². The summed E-state index contributed by atoms with van der Waals surface area (Å²) >= 11 is 0. The predicted octanol–water partition coefficient (Wildman–Crippen LogP) is 3.06. The van der Waals surface area contributed by atoms with Crippen molar-refractivity contribution in [3.05, 3.63) is 64.8 Å². The largest absolute Gasteiger partial charge is 0.504 e. The predicted molar refractivity (Wildman–Crippen MR) is 69.4 cm³/mol. The van der Waals surface area contributed by atoms with Crippen molar-refractivity contribution in [3.8, 4) is 5.75 Å². The monoisotopic (exact) mass is 222 g/mol. The topological polar surface area (TPSA) is 37.3 Å². The van der Waals surface area contributed by atoms with Crippen molar-refractivity contribution in [3.63, 3.8) is 0 Å². The van der Waals surface area contributed by atoms with Gasteiger partial charge in [0.25, 0.3) is 0 Å². The number of fused-ring (bicyclic) bond motifs is 2. The van der Waals surface area contributed by atoms with Gasteiger partial charge < -0.3 is 5.11 Å². The maximum atomic E-state index is 12.1. The Labute approximate surface area is 97.8 Å². The Morgan fingerprint density at radius 2 is 1.29 bits per heavy atom. The molecular formula is C15H10O2. The number of hydrogen-bond donors (Lipinski definition) is 1. The van der Waals surface area contributed by atoms with E-state index in [0.29, 0.717) is 10.8 Å². The van der Waals surface area contributed by atoms with Crippen molar-refractivity contribution in [2.45, 2.75) is 0 Å². The summed E-state index contributed by atoms with van der Waals surface area (Å²) in [4.78, 5) is 12.1. The molecule has 3 aromatic carbocycles. The fourth-order valence-corrected chi connectivity index (χ4v) is 2.09. The molecule has 2 nitrogen and oxygen atoms in total. The summed E-state index contributed by atoms with van der Waals surface area (Å²) in [6.07, 6.45) is 0. The van der Waals surface area contributed by atoms with Gasteiger partial charge in [-0.1, -0.05) is 48.5 Å². The van der Waals surface area contributed by atoms with E-state index in [9.17, 15) is 9.90 Å². The molecule has 0 aliphatic rings. The van der Waals surface area contributed by atoms with Crippen LogP contribution in [0.1, 0.15) is 0 Å². The number of rotatable bonds is 0. The molecule has 0 saturated heterocycles. The summed E-state index contributed by atoms with van der Waals surface area (Å²) < 4.78 is 0. The van der Waals surface area contributed by atoms with E-state index in [2.05, 4.69) is 0 Å². The van der Waals surface area contributed by atoms with E-state index in [4.69, 9.17) is 0 Å². The quantitative estimate of drug-likeness (QED) is 0.634. The lowest BCUT2D eigenvalue weighted by Crippen LogP contribution is -1.96. The smallest absolute Gasteiger partial charge is 0.228 e. The molecule has 82 valence electrons. The summed E-state index contributed by atoms with van der Waals surface area (Å²) in [5.74, 6) is -0.179. The van der Waals surface area contributed by atoms with Crippen LogP contribution in [0.3, 0.4) is 0 Å².